The molecule has 8 heteroatoms. The molecule has 0 bridgehead atoms. The van der Waals surface area contributed by atoms with Gasteiger partial charge in [-0.05, 0) is 41.5 Å². The highest BCUT2D eigenvalue weighted by Gasteiger charge is 2.36. The minimum atomic E-state index is -4.72. The second-order valence-electron chi connectivity index (χ2n) is 7.96. The molecule has 3 nitrogen and oxygen atoms in total. The largest absolute Gasteiger partial charge is 0.463 e. The predicted octanol–water partition coefficient (Wildman–Crippen LogP) is 6.57. The van der Waals surface area contributed by atoms with Crippen molar-refractivity contribution >= 4 is 5.76 Å². The Bertz CT molecular complexity index is 1130. The number of hydrogen-bond acceptors (Lipinski definition) is 3. The van der Waals surface area contributed by atoms with Gasteiger partial charge in [0.15, 0.2) is 0 Å². The number of alkyl halides is 3. The van der Waals surface area contributed by atoms with Crippen LogP contribution in [0.1, 0.15) is 28.3 Å². The maximum absolute atomic E-state index is 13.9. The van der Waals surface area contributed by atoms with E-state index in [1.807, 2.05) is 30.3 Å². The first-order valence-electron chi connectivity index (χ1n) is 10.6. The van der Waals surface area contributed by atoms with Crippen molar-refractivity contribution in [2.45, 2.75) is 25.1 Å². The molecule has 0 radical (unpaired) electrons. The van der Waals surface area contributed by atoms with Crippen LogP contribution in [0.5, 0.6) is 0 Å². The van der Waals surface area contributed by atoms with E-state index in [0.717, 1.165) is 17.7 Å². The molecular weight excluding hydrogens is 453 g/mol. The zero-order valence-electron chi connectivity index (χ0n) is 18.1. The quantitative estimate of drug-likeness (QED) is 0.297. The number of morpholine rings is 1. The summed E-state index contributed by atoms with van der Waals surface area (Å²) in [5, 5.41) is 0. The highest BCUT2D eigenvalue weighted by Crippen LogP contribution is 2.36. The van der Waals surface area contributed by atoms with Crippen LogP contribution >= 0.6 is 0 Å². The van der Waals surface area contributed by atoms with Crippen LogP contribution in [0, 0.1) is 11.6 Å². The normalized spacial score (nSPS) is 19.1. The van der Waals surface area contributed by atoms with Gasteiger partial charge in [-0.2, -0.15) is 13.2 Å². The molecule has 2 atom stereocenters. The summed E-state index contributed by atoms with van der Waals surface area (Å²) in [5.41, 5.74) is 0.450. The Morgan fingerprint density at radius 3 is 2.35 bits per heavy atom. The second-order valence-corrected chi connectivity index (χ2v) is 7.96. The average molecular weight is 475 g/mol. The van der Waals surface area contributed by atoms with Crippen LogP contribution in [0.4, 0.5) is 22.0 Å². The molecule has 178 valence electrons. The molecule has 34 heavy (non-hydrogen) atoms. The van der Waals surface area contributed by atoms with Crippen LogP contribution in [0.3, 0.4) is 0 Å². The number of hydrogen-bond donors (Lipinski definition) is 0. The van der Waals surface area contributed by atoms with Gasteiger partial charge in [-0.15, -0.1) is 0 Å². The summed E-state index contributed by atoms with van der Waals surface area (Å²) in [7, 11) is 0. The van der Waals surface area contributed by atoms with Crippen LogP contribution in [-0.4, -0.2) is 24.3 Å². The monoisotopic (exact) mass is 475 g/mol. The summed E-state index contributed by atoms with van der Waals surface area (Å²) in [6.45, 7) is 5.09. The van der Waals surface area contributed by atoms with Gasteiger partial charge in [0.1, 0.15) is 17.4 Å². The summed E-state index contributed by atoms with van der Waals surface area (Å²) in [6, 6.07) is 17.1. The van der Waals surface area contributed by atoms with E-state index in [4.69, 9.17) is 9.47 Å². The first-order chi connectivity index (χ1) is 16.2. The van der Waals surface area contributed by atoms with Crippen LogP contribution in [-0.2, 0) is 22.2 Å². The highest BCUT2D eigenvalue weighted by molar-refractivity contribution is 5.58. The zero-order chi connectivity index (χ0) is 24.3. The Morgan fingerprint density at radius 2 is 1.68 bits per heavy atom. The summed E-state index contributed by atoms with van der Waals surface area (Å²) in [4.78, 5) is 2.08. The molecular formula is C26H22F5NO2. The fourth-order valence-electron chi connectivity index (χ4n) is 3.93. The van der Waals surface area contributed by atoms with E-state index in [1.165, 1.54) is 12.1 Å². The third-order valence-corrected chi connectivity index (χ3v) is 5.56. The van der Waals surface area contributed by atoms with Gasteiger partial charge < -0.3 is 9.47 Å². The van der Waals surface area contributed by atoms with Gasteiger partial charge in [-0.1, -0.05) is 49.0 Å². The van der Waals surface area contributed by atoms with E-state index in [9.17, 15) is 22.0 Å². The molecule has 4 rings (SSSR count). The van der Waals surface area contributed by atoms with Crippen molar-refractivity contribution in [3.05, 3.63) is 113 Å². The minimum Gasteiger partial charge on any atom is -0.463 e. The lowest BCUT2D eigenvalue weighted by Crippen LogP contribution is -2.45. The van der Waals surface area contributed by atoms with Crippen LogP contribution in [0.15, 0.2) is 79.4 Å². The van der Waals surface area contributed by atoms with Gasteiger partial charge in [-0.3, -0.25) is 4.90 Å². The molecule has 1 fully saturated rings. The van der Waals surface area contributed by atoms with E-state index in [2.05, 4.69) is 11.5 Å². The van der Waals surface area contributed by atoms with Gasteiger partial charge in [-0.25, -0.2) is 8.78 Å². The van der Waals surface area contributed by atoms with Crippen LogP contribution in [0.2, 0.25) is 0 Å². The molecule has 0 aromatic heterocycles. The molecule has 0 aliphatic carbocycles. The van der Waals surface area contributed by atoms with Crippen molar-refractivity contribution in [2.75, 3.05) is 13.2 Å². The first-order valence-corrected chi connectivity index (χ1v) is 10.6. The lowest BCUT2D eigenvalue weighted by Gasteiger charge is -2.41. The summed E-state index contributed by atoms with van der Waals surface area (Å²) in [6.07, 6.45) is -5.69. The van der Waals surface area contributed by atoms with Gasteiger partial charge in [0.25, 0.3) is 0 Å². The van der Waals surface area contributed by atoms with Gasteiger partial charge >= 0.3 is 6.18 Å². The fourth-order valence-corrected chi connectivity index (χ4v) is 3.93. The topological polar surface area (TPSA) is 21.7 Å². The Kier molecular flexibility index (Phi) is 7.00. The smallest absolute Gasteiger partial charge is 0.416 e. The summed E-state index contributed by atoms with van der Waals surface area (Å²) >= 11 is 0. The second kappa shape index (κ2) is 9.95. The Balaban J connectivity index is 1.63. The van der Waals surface area contributed by atoms with Crippen molar-refractivity contribution in [3.63, 3.8) is 0 Å². The van der Waals surface area contributed by atoms with Crippen molar-refractivity contribution < 1.29 is 31.4 Å². The zero-order valence-corrected chi connectivity index (χ0v) is 18.1. The lowest BCUT2D eigenvalue weighted by molar-refractivity contribution is -0.181. The molecule has 1 aliphatic rings. The summed E-state index contributed by atoms with van der Waals surface area (Å²) < 4.78 is 78.6. The van der Waals surface area contributed by atoms with Gasteiger partial charge in [0.05, 0.1) is 18.2 Å². The van der Waals surface area contributed by atoms with Crippen molar-refractivity contribution in [3.8, 4) is 0 Å². The fraction of sp³-hybridized carbons (Fsp3) is 0.231. The Labute approximate surface area is 194 Å². The Morgan fingerprint density at radius 1 is 0.971 bits per heavy atom. The number of rotatable bonds is 6. The molecule has 0 spiro atoms. The van der Waals surface area contributed by atoms with Crippen LogP contribution < -0.4 is 0 Å². The molecule has 0 N–H and O–H groups in total. The van der Waals surface area contributed by atoms with Crippen molar-refractivity contribution in [1.29, 1.82) is 0 Å². The van der Waals surface area contributed by atoms with Crippen molar-refractivity contribution in [1.82, 2.24) is 4.90 Å². The molecule has 1 heterocycles. The Hall–Kier alpha value is -3.23. The van der Waals surface area contributed by atoms with Crippen LogP contribution in [0.25, 0.3) is 5.76 Å². The minimum absolute atomic E-state index is 0.144. The number of halogens is 5. The molecule has 1 aliphatic heterocycles. The molecule has 3 aromatic carbocycles. The number of ether oxygens (including phenoxy) is 2. The summed E-state index contributed by atoms with van der Waals surface area (Å²) in [5.74, 6) is -1.62. The SMILES string of the molecule is C=C(O[C@H]1OCCN(Cc2ccccc2)[C@H]1c1ccc(F)cc1)c1cc(F)cc(C(F)(F)F)c1. The molecule has 1 saturated heterocycles. The lowest BCUT2D eigenvalue weighted by atomic mass is 10.0. The van der Waals surface area contributed by atoms with Gasteiger partial charge in [0, 0.05) is 18.7 Å². The third kappa shape index (κ3) is 5.63. The van der Waals surface area contributed by atoms with E-state index in [0.29, 0.717) is 31.3 Å². The predicted molar refractivity (Wildman–Crippen MR) is 117 cm³/mol. The molecule has 0 unspecified atom stereocenters. The molecule has 3 aromatic rings. The standard InChI is InChI=1S/C26H22F5NO2/c1-17(20-13-21(26(29,30)31)15-23(28)14-20)34-25-24(19-7-9-22(27)10-8-19)32(11-12-33-25)16-18-5-3-2-4-6-18/h2-10,13-15,24-25H,1,11-12,16H2/t24-,25+/m0/s1. The number of benzene rings is 3. The maximum Gasteiger partial charge on any atom is 0.416 e. The van der Waals surface area contributed by atoms with E-state index < -0.39 is 35.7 Å². The molecule has 0 saturated carbocycles. The molecule has 0 amide bonds. The maximum atomic E-state index is 13.9. The highest BCUT2D eigenvalue weighted by atomic mass is 19.4. The average Bonchev–Trinajstić information content (AvgIpc) is 2.80. The number of nitrogens with zero attached hydrogens (tertiary/aromatic N) is 1. The van der Waals surface area contributed by atoms with E-state index in [1.54, 1.807) is 12.1 Å². The van der Waals surface area contributed by atoms with E-state index in [-0.39, 0.29) is 11.3 Å². The first kappa shape index (κ1) is 23.9. The van der Waals surface area contributed by atoms with Gasteiger partial charge in [0.2, 0.25) is 6.29 Å². The van der Waals surface area contributed by atoms with Crippen molar-refractivity contribution in [2.24, 2.45) is 0 Å². The third-order valence-electron chi connectivity index (χ3n) is 5.56. The van der Waals surface area contributed by atoms with E-state index >= 15 is 0 Å².